The van der Waals surface area contributed by atoms with Crippen molar-refractivity contribution in [2.45, 2.75) is 32.7 Å². The van der Waals surface area contributed by atoms with Crippen LogP contribution in [-0.2, 0) is 20.8 Å². The Morgan fingerprint density at radius 2 is 1.96 bits per heavy atom. The predicted molar refractivity (Wildman–Crippen MR) is 98.2 cm³/mol. The maximum Gasteiger partial charge on any atom is 0.247 e. The first-order chi connectivity index (χ1) is 12.9. The topological polar surface area (TPSA) is 60.9 Å². The largest absolute Gasteiger partial charge is 0.340 e. The molecule has 2 aliphatic rings. The van der Waals surface area contributed by atoms with Gasteiger partial charge in [0, 0.05) is 19.6 Å². The minimum Gasteiger partial charge on any atom is -0.340 e. The van der Waals surface area contributed by atoms with Gasteiger partial charge >= 0.3 is 0 Å². The molecule has 1 aromatic carbocycles. The van der Waals surface area contributed by atoms with E-state index in [0.717, 1.165) is 0 Å². The van der Waals surface area contributed by atoms with Gasteiger partial charge in [-0.25, -0.2) is 4.39 Å². The summed E-state index contributed by atoms with van der Waals surface area (Å²) in [7, 11) is 0. The molecule has 7 heteroatoms. The van der Waals surface area contributed by atoms with Crippen molar-refractivity contribution in [3.05, 3.63) is 35.6 Å². The van der Waals surface area contributed by atoms with Gasteiger partial charge in [-0.15, -0.1) is 0 Å². The first-order valence-electron chi connectivity index (χ1n) is 9.46. The lowest BCUT2D eigenvalue weighted by molar-refractivity contribution is -0.156. The van der Waals surface area contributed by atoms with Gasteiger partial charge in [0.2, 0.25) is 17.7 Å². The van der Waals surface area contributed by atoms with Gasteiger partial charge in [0.1, 0.15) is 11.9 Å². The molecule has 1 aromatic rings. The zero-order valence-electron chi connectivity index (χ0n) is 15.9. The summed E-state index contributed by atoms with van der Waals surface area (Å²) in [5.74, 6) is -0.534. The summed E-state index contributed by atoms with van der Waals surface area (Å²) < 4.78 is 13.9. The summed E-state index contributed by atoms with van der Waals surface area (Å²) in [5.41, 5.74) is 0.344. The molecule has 3 rings (SSSR count). The Kier molecular flexibility index (Phi) is 5.77. The summed E-state index contributed by atoms with van der Waals surface area (Å²) in [6.07, 6.45) is 0.569. The summed E-state index contributed by atoms with van der Waals surface area (Å²) in [5, 5.41) is 0. The number of nitrogens with zero attached hydrogens (tertiary/aromatic N) is 3. The predicted octanol–water partition coefficient (Wildman–Crippen LogP) is 1.30. The second kappa shape index (κ2) is 8.06. The SMILES string of the molecule is CC(C)CN1CC(=O)N2CCCN(C(=O)Cc3ccccc3F)CC2C1=O. The third kappa shape index (κ3) is 4.28. The second-order valence-electron chi connectivity index (χ2n) is 7.68. The zero-order valence-corrected chi connectivity index (χ0v) is 15.9. The van der Waals surface area contributed by atoms with Gasteiger partial charge in [-0.3, -0.25) is 14.4 Å². The van der Waals surface area contributed by atoms with Crippen molar-refractivity contribution in [3.63, 3.8) is 0 Å². The Labute approximate surface area is 158 Å². The van der Waals surface area contributed by atoms with Gasteiger partial charge < -0.3 is 14.7 Å². The van der Waals surface area contributed by atoms with Crippen molar-refractivity contribution in [3.8, 4) is 0 Å². The molecule has 0 aliphatic carbocycles. The molecule has 146 valence electrons. The van der Waals surface area contributed by atoms with E-state index in [2.05, 4.69) is 0 Å². The molecule has 0 radical (unpaired) electrons. The maximum absolute atomic E-state index is 13.9. The fraction of sp³-hybridized carbons (Fsp3) is 0.550. The van der Waals surface area contributed by atoms with Gasteiger partial charge in [-0.1, -0.05) is 32.0 Å². The average Bonchev–Trinajstić information content (AvgIpc) is 2.84. The van der Waals surface area contributed by atoms with Crippen molar-refractivity contribution >= 4 is 17.7 Å². The van der Waals surface area contributed by atoms with Crippen molar-refractivity contribution in [2.24, 2.45) is 5.92 Å². The molecule has 0 aromatic heterocycles. The number of carbonyl (C=O) groups excluding carboxylic acids is 3. The van der Waals surface area contributed by atoms with Gasteiger partial charge in [-0.05, 0) is 24.0 Å². The quantitative estimate of drug-likeness (QED) is 0.797. The molecule has 1 unspecified atom stereocenters. The molecule has 0 spiro atoms. The standard InChI is InChI=1S/C20H26FN3O3/c1-14(2)11-23-13-19(26)24-9-5-8-22(12-17(24)20(23)27)18(25)10-15-6-3-4-7-16(15)21/h3-4,6-7,14,17H,5,8-13H2,1-2H3. The molecule has 2 heterocycles. The number of piperazine rings is 1. The fourth-order valence-electron chi connectivity index (χ4n) is 3.78. The second-order valence-corrected chi connectivity index (χ2v) is 7.68. The molecule has 0 N–H and O–H groups in total. The molecule has 1 atom stereocenters. The molecule has 6 nitrogen and oxygen atoms in total. The summed E-state index contributed by atoms with van der Waals surface area (Å²) in [4.78, 5) is 42.9. The van der Waals surface area contributed by atoms with Gasteiger partial charge in [0.05, 0.1) is 19.5 Å². The van der Waals surface area contributed by atoms with E-state index < -0.39 is 11.9 Å². The average molecular weight is 375 g/mol. The van der Waals surface area contributed by atoms with E-state index in [1.165, 1.54) is 6.07 Å². The molecule has 0 bridgehead atoms. The number of benzene rings is 1. The molecule has 2 fully saturated rings. The fourth-order valence-corrected chi connectivity index (χ4v) is 3.78. The van der Waals surface area contributed by atoms with Crippen LogP contribution >= 0.6 is 0 Å². The van der Waals surface area contributed by atoms with E-state index in [0.29, 0.717) is 31.6 Å². The molecule has 27 heavy (non-hydrogen) atoms. The van der Waals surface area contributed by atoms with Crippen LogP contribution in [0.2, 0.25) is 0 Å². The van der Waals surface area contributed by atoms with Crippen LogP contribution in [0.1, 0.15) is 25.8 Å². The van der Waals surface area contributed by atoms with Crippen LogP contribution in [0.15, 0.2) is 24.3 Å². The van der Waals surface area contributed by atoms with Crippen LogP contribution in [0, 0.1) is 11.7 Å². The molecular formula is C20H26FN3O3. The molecule has 2 aliphatic heterocycles. The Hall–Kier alpha value is -2.44. The Morgan fingerprint density at radius 3 is 2.67 bits per heavy atom. The van der Waals surface area contributed by atoms with E-state index in [1.807, 2.05) is 13.8 Å². The van der Waals surface area contributed by atoms with E-state index in [9.17, 15) is 18.8 Å². The number of hydrogen-bond donors (Lipinski definition) is 0. The van der Waals surface area contributed by atoms with Crippen LogP contribution < -0.4 is 0 Å². The molecular weight excluding hydrogens is 349 g/mol. The summed E-state index contributed by atoms with van der Waals surface area (Å²) >= 11 is 0. The number of amides is 3. The zero-order chi connectivity index (χ0) is 19.6. The van der Waals surface area contributed by atoms with Crippen molar-refractivity contribution in [1.82, 2.24) is 14.7 Å². The summed E-state index contributed by atoms with van der Waals surface area (Å²) in [6, 6.07) is 5.57. The first kappa shape index (κ1) is 19.3. The Bertz CT molecular complexity index is 737. The Morgan fingerprint density at radius 1 is 1.22 bits per heavy atom. The monoisotopic (exact) mass is 375 g/mol. The smallest absolute Gasteiger partial charge is 0.247 e. The van der Waals surface area contributed by atoms with Crippen LogP contribution in [0.3, 0.4) is 0 Å². The van der Waals surface area contributed by atoms with Crippen molar-refractivity contribution < 1.29 is 18.8 Å². The lowest BCUT2D eigenvalue weighted by Crippen LogP contribution is -2.62. The van der Waals surface area contributed by atoms with E-state index >= 15 is 0 Å². The van der Waals surface area contributed by atoms with Gasteiger partial charge in [-0.2, -0.15) is 0 Å². The highest BCUT2D eigenvalue weighted by Crippen LogP contribution is 2.20. The maximum atomic E-state index is 13.9. The number of carbonyl (C=O) groups is 3. The summed E-state index contributed by atoms with van der Waals surface area (Å²) in [6.45, 7) is 5.74. The van der Waals surface area contributed by atoms with Gasteiger partial charge in [0.25, 0.3) is 0 Å². The van der Waals surface area contributed by atoms with E-state index in [-0.39, 0.29) is 43.1 Å². The van der Waals surface area contributed by atoms with E-state index in [4.69, 9.17) is 0 Å². The minimum atomic E-state index is -0.642. The number of fused-ring (bicyclic) bond motifs is 1. The van der Waals surface area contributed by atoms with E-state index in [1.54, 1.807) is 32.9 Å². The van der Waals surface area contributed by atoms with Gasteiger partial charge in [0.15, 0.2) is 0 Å². The third-order valence-electron chi connectivity index (χ3n) is 5.08. The highest BCUT2D eigenvalue weighted by atomic mass is 19.1. The Balaban J connectivity index is 1.74. The van der Waals surface area contributed by atoms with Crippen LogP contribution in [0.5, 0.6) is 0 Å². The van der Waals surface area contributed by atoms with Crippen LogP contribution in [0.4, 0.5) is 4.39 Å². The van der Waals surface area contributed by atoms with Crippen molar-refractivity contribution in [2.75, 3.05) is 32.7 Å². The lowest BCUT2D eigenvalue weighted by Gasteiger charge is -2.40. The molecule has 2 saturated heterocycles. The minimum absolute atomic E-state index is 0.0444. The highest BCUT2D eigenvalue weighted by molar-refractivity contribution is 5.95. The third-order valence-corrected chi connectivity index (χ3v) is 5.08. The van der Waals surface area contributed by atoms with Crippen molar-refractivity contribution in [1.29, 1.82) is 0 Å². The highest BCUT2D eigenvalue weighted by Gasteiger charge is 2.42. The first-order valence-corrected chi connectivity index (χ1v) is 9.46. The normalized spacial score (nSPS) is 20.7. The van der Waals surface area contributed by atoms with Crippen LogP contribution in [-0.4, -0.2) is 71.2 Å². The molecule has 0 saturated carbocycles. The van der Waals surface area contributed by atoms with Crippen LogP contribution in [0.25, 0.3) is 0 Å². The number of rotatable bonds is 4. The molecule has 3 amide bonds. The number of hydrogen-bond acceptors (Lipinski definition) is 3. The number of halogens is 1. The lowest BCUT2D eigenvalue weighted by atomic mass is 10.1.